The van der Waals surface area contributed by atoms with E-state index in [9.17, 15) is 5.11 Å². The Kier molecular flexibility index (Phi) is 3.70. The van der Waals surface area contributed by atoms with E-state index < -0.39 is 11.4 Å². The van der Waals surface area contributed by atoms with Crippen molar-refractivity contribution in [3.05, 3.63) is 24.3 Å². The number of ether oxygens (including phenoxy) is 2. The van der Waals surface area contributed by atoms with Gasteiger partial charge in [-0.15, -0.1) is 12.3 Å². The first-order valence-electron chi connectivity index (χ1n) is 4.77. The summed E-state index contributed by atoms with van der Waals surface area (Å²) in [7, 11) is 3.09. The van der Waals surface area contributed by atoms with Gasteiger partial charge in [-0.2, -0.15) is 0 Å². The van der Waals surface area contributed by atoms with E-state index in [2.05, 4.69) is 5.92 Å². The molecule has 1 aliphatic rings. The van der Waals surface area contributed by atoms with E-state index in [-0.39, 0.29) is 0 Å². The molecule has 0 fully saturated rings. The van der Waals surface area contributed by atoms with Crippen LogP contribution >= 0.6 is 0 Å². The molecule has 0 bridgehead atoms. The predicted molar refractivity (Wildman–Crippen MR) is 58.0 cm³/mol. The van der Waals surface area contributed by atoms with E-state index in [0.717, 1.165) is 0 Å². The van der Waals surface area contributed by atoms with Crippen LogP contribution < -0.4 is 0 Å². The predicted octanol–water partition coefficient (Wildman–Crippen LogP) is 1.25. The molecule has 0 unspecified atom stereocenters. The molecule has 0 heterocycles. The Bertz CT molecular complexity index is 289. The Hall–Kier alpha value is -1.08. The standard InChI is InChI=1S/C12H16O3/c1-4-5-6-11(13)7-9-12(14-2,15-3)10-8-11/h1,7-10,13H,5-6H2,2-3H3. The molecule has 0 saturated heterocycles. The molecule has 0 aromatic carbocycles. The van der Waals surface area contributed by atoms with Crippen LogP contribution in [-0.2, 0) is 9.47 Å². The Morgan fingerprint density at radius 1 is 1.20 bits per heavy atom. The minimum atomic E-state index is -0.979. The highest BCUT2D eigenvalue weighted by molar-refractivity contribution is 5.27. The molecular weight excluding hydrogens is 192 g/mol. The van der Waals surface area contributed by atoms with Crippen LogP contribution in [0.15, 0.2) is 24.3 Å². The molecule has 3 heteroatoms. The van der Waals surface area contributed by atoms with Crippen molar-refractivity contribution in [2.24, 2.45) is 0 Å². The molecule has 0 aromatic heterocycles. The van der Waals surface area contributed by atoms with Crippen LogP contribution in [0.2, 0.25) is 0 Å². The highest BCUT2D eigenvalue weighted by atomic mass is 16.7. The maximum Gasteiger partial charge on any atom is 0.207 e. The van der Waals surface area contributed by atoms with Crippen LogP contribution in [0.25, 0.3) is 0 Å². The van der Waals surface area contributed by atoms with Crippen LogP contribution in [0, 0.1) is 12.3 Å². The molecular formula is C12H16O3. The minimum Gasteiger partial charge on any atom is -0.382 e. The lowest BCUT2D eigenvalue weighted by atomic mass is 9.91. The van der Waals surface area contributed by atoms with E-state index in [0.29, 0.717) is 12.8 Å². The van der Waals surface area contributed by atoms with E-state index in [1.54, 1.807) is 38.5 Å². The second-order valence-electron chi connectivity index (χ2n) is 3.49. The van der Waals surface area contributed by atoms with Crippen LogP contribution in [0.1, 0.15) is 12.8 Å². The summed E-state index contributed by atoms with van der Waals surface area (Å²) in [5, 5.41) is 10.0. The first kappa shape index (κ1) is 12.0. The molecule has 0 amide bonds. The van der Waals surface area contributed by atoms with E-state index in [1.807, 2.05) is 0 Å². The van der Waals surface area contributed by atoms with Gasteiger partial charge in [0.05, 0.1) is 0 Å². The lowest BCUT2D eigenvalue weighted by Crippen LogP contribution is -2.36. The van der Waals surface area contributed by atoms with Gasteiger partial charge in [-0.05, 0) is 30.7 Å². The molecule has 1 N–H and O–H groups in total. The average molecular weight is 208 g/mol. The summed E-state index contributed by atoms with van der Waals surface area (Å²) >= 11 is 0. The van der Waals surface area contributed by atoms with Crippen LogP contribution in [0.5, 0.6) is 0 Å². The van der Waals surface area contributed by atoms with Crippen LogP contribution in [0.3, 0.4) is 0 Å². The van der Waals surface area contributed by atoms with Gasteiger partial charge in [0.25, 0.3) is 0 Å². The molecule has 0 aromatic rings. The molecule has 1 aliphatic carbocycles. The second kappa shape index (κ2) is 4.63. The van der Waals surface area contributed by atoms with Crippen molar-refractivity contribution in [1.82, 2.24) is 0 Å². The topological polar surface area (TPSA) is 38.7 Å². The number of terminal acetylenes is 1. The van der Waals surface area contributed by atoms with E-state index in [4.69, 9.17) is 15.9 Å². The monoisotopic (exact) mass is 208 g/mol. The maximum atomic E-state index is 10.0. The third-order valence-corrected chi connectivity index (χ3v) is 2.52. The summed E-state index contributed by atoms with van der Waals surface area (Å²) in [5.74, 6) is 1.64. The fourth-order valence-electron chi connectivity index (χ4n) is 1.43. The van der Waals surface area contributed by atoms with Gasteiger partial charge in [0.15, 0.2) is 0 Å². The Balaban J connectivity index is 2.74. The lowest BCUT2D eigenvalue weighted by Gasteiger charge is -2.31. The zero-order valence-corrected chi connectivity index (χ0v) is 9.06. The quantitative estimate of drug-likeness (QED) is 0.429. The minimum absolute atomic E-state index is 0.500. The third-order valence-electron chi connectivity index (χ3n) is 2.52. The van der Waals surface area contributed by atoms with Crippen molar-refractivity contribution in [3.8, 4) is 12.3 Å². The van der Waals surface area contributed by atoms with Gasteiger partial charge in [0, 0.05) is 20.6 Å². The van der Waals surface area contributed by atoms with Gasteiger partial charge in [-0.3, -0.25) is 0 Å². The van der Waals surface area contributed by atoms with Gasteiger partial charge in [-0.1, -0.05) is 0 Å². The van der Waals surface area contributed by atoms with Gasteiger partial charge < -0.3 is 14.6 Å². The largest absolute Gasteiger partial charge is 0.382 e. The smallest absolute Gasteiger partial charge is 0.207 e. The van der Waals surface area contributed by atoms with Crippen molar-refractivity contribution in [3.63, 3.8) is 0 Å². The molecule has 15 heavy (non-hydrogen) atoms. The SMILES string of the molecule is C#CCCC1(O)C=CC(OC)(OC)C=C1. The van der Waals surface area contributed by atoms with Gasteiger partial charge in [0.2, 0.25) is 5.79 Å². The Morgan fingerprint density at radius 3 is 2.13 bits per heavy atom. The average Bonchev–Trinajstić information content (AvgIpc) is 2.29. The van der Waals surface area contributed by atoms with Crippen LogP contribution in [-0.4, -0.2) is 30.7 Å². The number of rotatable bonds is 4. The molecule has 1 rings (SSSR count). The summed E-state index contributed by atoms with van der Waals surface area (Å²) in [6.45, 7) is 0. The summed E-state index contributed by atoms with van der Waals surface area (Å²) in [5.41, 5.74) is -0.979. The maximum absolute atomic E-state index is 10.0. The number of aliphatic hydroxyl groups is 1. The number of hydrogen-bond acceptors (Lipinski definition) is 3. The van der Waals surface area contributed by atoms with Crippen molar-refractivity contribution in [1.29, 1.82) is 0 Å². The van der Waals surface area contributed by atoms with Crippen LogP contribution in [0.4, 0.5) is 0 Å². The fourth-order valence-corrected chi connectivity index (χ4v) is 1.43. The molecule has 0 radical (unpaired) electrons. The first-order valence-corrected chi connectivity index (χ1v) is 4.77. The summed E-state index contributed by atoms with van der Waals surface area (Å²) in [6.07, 6.45) is 12.8. The second-order valence-corrected chi connectivity index (χ2v) is 3.49. The Labute approximate surface area is 90.4 Å². The molecule has 0 aliphatic heterocycles. The third kappa shape index (κ3) is 2.69. The van der Waals surface area contributed by atoms with Crippen molar-refractivity contribution >= 4 is 0 Å². The lowest BCUT2D eigenvalue weighted by molar-refractivity contribution is -0.136. The van der Waals surface area contributed by atoms with Crippen molar-refractivity contribution < 1.29 is 14.6 Å². The van der Waals surface area contributed by atoms with Gasteiger partial charge >= 0.3 is 0 Å². The summed E-state index contributed by atoms with van der Waals surface area (Å²) < 4.78 is 10.4. The normalized spacial score (nSPS) is 21.2. The van der Waals surface area contributed by atoms with E-state index in [1.165, 1.54) is 0 Å². The first-order chi connectivity index (χ1) is 7.10. The van der Waals surface area contributed by atoms with Gasteiger partial charge in [0.1, 0.15) is 5.60 Å². The summed E-state index contributed by atoms with van der Waals surface area (Å²) in [4.78, 5) is 0. The number of methoxy groups -OCH3 is 2. The van der Waals surface area contributed by atoms with Crippen molar-refractivity contribution in [2.75, 3.05) is 14.2 Å². The zero-order valence-electron chi connectivity index (χ0n) is 9.06. The van der Waals surface area contributed by atoms with Crippen molar-refractivity contribution in [2.45, 2.75) is 24.2 Å². The molecule has 0 atom stereocenters. The van der Waals surface area contributed by atoms with Gasteiger partial charge in [-0.25, -0.2) is 0 Å². The highest BCUT2D eigenvalue weighted by Gasteiger charge is 2.31. The molecule has 3 nitrogen and oxygen atoms in total. The number of hydrogen-bond donors (Lipinski definition) is 1. The zero-order chi connectivity index (χ0) is 11.4. The fraction of sp³-hybridized carbons (Fsp3) is 0.500. The Morgan fingerprint density at radius 2 is 1.73 bits per heavy atom. The molecule has 0 spiro atoms. The molecule has 82 valence electrons. The molecule has 0 saturated carbocycles. The summed E-state index contributed by atoms with van der Waals surface area (Å²) in [6, 6.07) is 0. The highest BCUT2D eigenvalue weighted by Crippen LogP contribution is 2.27. The van der Waals surface area contributed by atoms with E-state index >= 15 is 0 Å².